The van der Waals surface area contributed by atoms with E-state index in [-0.39, 0.29) is 22.3 Å². The molecule has 144 valence electrons. The normalized spacial score (nSPS) is 23.0. The first-order valence-electron chi connectivity index (χ1n) is 8.52. The van der Waals surface area contributed by atoms with E-state index in [0.29, 0.717) is 0 Å². The molecule has 8 nitrogen and oxygen atoms in total. The van der Waals surface area contributed by atoms with Gasteiger partial charge in [-0.15, -0.1) is 0 Å². The minimum absolute atomic E-state index is 0.148. The van der Waals surface area contributed by atoms with E-state index in [0.717, 1.165) is 6.92 Å². The molecule has 0 spiro atoms. The highest BCUT2D eigenvalue weighted by Gasteiger charge is 2.47. The zero-order valence-electron chi connectivity index (χ0n) is 14.7. The number of hydrogen-bond acceptors (Lipinski definition) is 8. The van der Waals surface area contributed by atoms with Gasteiger partial charge >= 0.3 is 0 Å². The fraction of sp³-hybridized carbons (Fsp3) is 0.250. The summed E-state index contributed by atoms with van der Waals surface area (Å²) in [4.78, 5) is 37.6. The van der Waals surface area contributed by atoms with Crippen LogP contribution in [0.15, 0.2) is 18.2 Å². The molecular formula is C20H16O8. The first kappa shape index (κ1) is 18.1. The molecule has 2 aromatic carbocycles. The molecule has 0 heterocycles. The van der Waals surface area contributed by atoms with Crippen LogP contribution in [-0.4, -0.2) is 48.5 Å². The van der Waals surface area contributed by atoms with Crippen molar-refractivity contribution in [1.29, 1.82) is 0 Å². The minimum Gasteiger partial charge on any atom is -0.507 e. The average molecular weight is 384 g/mol. The van der Waals surface area contributed by atoms with E-state index in [1.165, 1.54) is 18.2 Å². The molecule has 0 aliphatic heterocycles. The van der Waals surface area contributed by atoms with E-state index in [4.69, 9.17) is 0 Å². The highest BCUT2D eigenvalue weighted by Crippen LogP contribution is 2.50. The predicted molar refractivity (Wildman–Crippen MR) is 93.7 cm³/mol. The fourth-order valence-corrected chi connectivity index (χ4v) is 4.06. The zero-order valence-corrected chi connectivity index (χ0v) is 14.7. The van der Waals surface area contributed by atoms with Crippen LogP contribution >= 0.6 is 0 Å². The SMILES string of the molecule is CC(=O)[C@]1(O)Cc2c(O)c3c(c(O)c2[C@H](O)C1)C(=O)c1c(O)cccc1C3=O. The van der Waals surface area contributed by atoms with Crippen molar-refractivity contribution in [3.05, 3.63) is 51.6 Å². The van der Waals surface area contributed by atoms with Crippen molar-refractivity contribution in [2.24, 2.45) is 0 Å². The monoisotopic (exact) mass is 384 g/mol. The molecule has 2 aliphatic rings. The molecule has 0 fully saturated rings. The lowest BCUT2D eigenvalue weighted by atomic mass is 9.72. The van der Waals surface area contributed by atoms with Gasteiger partial charge < -0.3 is 25.5 Å². The summed E-state index contributed by atoms with van der Waals surface area (Å²) in [6.07, 6.45) is -2.43. The highest BCUT2D eigenvalue weighted by atomic mass is 16.3. The third-order valence-corrected chi connectivity index (χ3v) is 5.55. The van der Waals surface area contributed by atoms with Gasteiger partial charge in [0.1, 0.15) is 22.8 Å². The van der Waals surface area contributed by atoms with Crippen molar-refractivity contribution in [1.82, 2.24) is 0 Å². The molecule has 5 N–H and O–H groups in total. The number of aromatic hydroxyl groups is 3. The summed E-state index contributed by atoms with van der Waals surface area (Å²) in [6, 6.07) is 3.87. The Hall–Kier alpha value is -3.23. The molecular weight excluding hydrogens is 368 g/mol. The van der Waals surface area contributed by atoms with Crippen LogP contribution in [-0.2, 0) is 11.2 Å². The van der Waals surface area contributed by atoms with Gasteiger partial charge in [0.25, 0.3) is 0 Å². The Balaban J connectivity index is 2.05. The number of benzene rings is 2. The van der Waals surface area contributed by atoms with E-state index in [1.54, 1.807) is 0 Å². The third kappa shape index (κ3) is 2.15. The zero-order chi connectivity index (χ0) is 20.5. The lowest BCUT2D eigenvalue weighted by Gasteiger charge is -2.36. The van der Waals surface area contributed by atoms with E-state index in [9.17, 15) is 39.9 Å². The van der Waals surface area contributed by atoms with Crippen molar-refractivity contribution in [2.45, 2.75) is 31.5 Å². The molecule has 2 atom stereocenters. The van der Waals surface area contributed by atoms with Crippen LogP contribution in [0.25, 0.3) is 0 Å². The topological polar surface area (TPSA) is 152 Å². The van der Waals surface area contributed by atoms with Gasteiger partial charge in [-0.3, -0.25) is 14.4 Å². The Morgan fingerprint density at radius 3 is 2.32 bits per heavy atom. The molecule has 28 heavy (non-hydrogen) atoms. The van der Waals surface area contributed by atoms with Crippen LogP contribution in [0.4, 0.5) is 0 Å². The maximum atomic E-state index is 12.9. The van der Waals surface area contributed by atoms with Gasteiger partial charge in [-0.1, -0.05) is 12.1 Å². The lowest BCUT2D eigenvalue weighted by Crippen LogP contribution is -2.44. The number of Topliss-reactive ketones (excluding diaryl/α,β-unsaturated/α-hetero) is 1. The summed E-state index contributed by atoms with van der Waals surface area (Å²) in [5.74, 6) is -4.18. The number of carbonyl (C=O) groups excluding carboxylic acids is 3. The number of aliphatic hydroxyl groups excluding tert-OH is 1. The van der Waals surface area contributed by atoms with Gasteiger partial charge in [-0.25, -0.2) is 0 Å². The summed E-state index contributed by atoms with van der Waals surface area (Å²) in [5, 5.41) is 52.4. The lowest BCUT2D eigenvalue weighted by molar-refractivity contribution is -0.139. The Bertz CT molecular complexity index is 1100. The number of fused-ring (bicyclic) bond motifs is 3. The van der Waals surface area contributed by atoms with Crippen LogP contribution in [0.2, 0.25) is 0 Å². The van der Waals surface area contributed by atoms with Crippen molar-refractivity contribution < 1.29 is 39.9 Å². The van der Waals surface area contributed by atoms with Crippen molar-refractivity contribution in [3.8, 4) is 17.2 Å². The van der Waals surface area contributed by atoms with Crippen LogP contribution in [0.5, 0.6) is 17.2 Å². The van der Waals surface area contributed by atoms with Gasteiger partial charge in [-0.2, -0.15) is 0 Å². The first-order chi connectivity index (χ1) is 13.1. The average Bonchev–Trinajstić information content (AvgIpc) is 2.61. The Labute approximate surface area is 158 Å². The number of carbonyl (C=O) groups is 3. The van der Waals surface area contributed by atoms with Crippen molar-refractivity contribution >= 4 is 17.3 Å². The second-order valence-electron chi connectivity index (χ2n) is 7.18. The standard InChI is InChI=1S/C20H16O8/c1-7(21)20(28)5-9-13(11(23)6-20)19(27)15-14(17(9)25)16(24)8-3-2-4-10(22)12(8)18(15)26/h2-4,11,22-23,25,27-28H,5-6H2,1H3/t11-,20+/m1/s1. The van der Waals surface area contributed by atoms with Gasteiger partial charge in [0.15, 0.2) is 11.6 Å². The summed E-state index contributed by atoms with van der Waals surface area (Å²) in [5.41, 5.74) is -3.84. The summed E-state index contributed by atoms with van der Waals surface area (Å²) in [6.45, 7) is 1.13. The molecule has 0 saturated carbocycles. The Kier molecular flexibility index (Phi) is 3.65. The Morgan fingerprint density at radius 2 is 1.68 bits per heavy atom. The third-order valence-electron chi connectivity index (χ3n) is 5.55. The summed E-state index contributed by atoms with van der Waals surface area (Å²) < 4.78 is 0. The number of ketones is 3. The minimum atomic E-state index is -1.98. The van der Waals surface area contributed by atoms with Crippen LogP contribution in [0.3, 0.4) is 0 Å². The molecule has 4 rings (SSSR count). The first-order valence-corrected chi connectivity index (χ1v) is 8.52. The quantitative estimate of drug-likeness (QED) is 0.388. The van der Waals surface area contributed by atoms with E-state index >= 15 is 0 Å². The van der Waals surface area contributed by atoms with Gasteiger partial charge in [0.2, 0.25) is 5.78 Å². The van der Waals surface area contributed by atoms with Crippen molar-refractivity contribution in [3.63, 3.8) is 0 Å². The van der Waals surface area contributed by atoms with Gasteiger partial charge in [0, 0.05) is 29.5 Å². The van der Waals surface area contributed by atoms with E-state index in [2.05, 4.69) is 0 Å². The number of aliphatic hydroxyl groups is 2. The molecule has 0 radical (unpaired) electrons. The van der Waals surface area contributed by atoms with Crippen LogP contribution in [0.1, 0.15) is 62.4 Å². The number of phenolic OH excluding ortho intramolecular Hbond substituents is 3. The van der Waals surface area contributed by atoms with E-state index in [1.807, 2.05) is 0 Å². The Morgan fingerprint density at radius 1 is 1.04 bits per heavy atom. The van der Waals surface area contributed by atoms with Gasteiger partial charge in [-0.05, 0) is 13.0 Å². The smallest absolute Gasteiger partial charge is 0.202 e. The number of phenols is 3. The number of hydrogen-bond donors (Lipinski definition) is 5. The maximum Gasteiger partial charge on any atom is 0.202 e. The molecule has 0 unspecified atom stereocenters. The fourth-order valence-electron chi connectivity index (χ4n) is 4.06. The van der Waals surface area contributed by atoms with Crippen LogP contribution < -0.4 is 0 Å². The summed E-state index contributed by atoms with van der Waals surface area (Å²) >= 11 is 0. The maximum absolute atomic E-state index is 12.9. The largest absolute Gasteiger partial charge is 0.507 e. The molecule has 0 saturated heterocycles. The van der Waals surface area contributed by atoms with Gasteiger partial charge in [0.05, 0.1) is 22.8 Å². The van der Waals surface area contributed by atoms with E-state index < -0.39 is 70.3 Å². The molecule has 2 aromatic rings. The van der Waals surface area contributed by atoms with Crippen LogP contribution in [0, 0.1) is 0 Å². The molecule has 2 aliphatic carbocycles. The second-order valence-corrected chi connectivity index (χ2v) is 7.18. The van der Waals surface area contributed by atoms with Crippen molar-refractivity contribution in [2.75, 3.05) is 0 Å². The molecule has 0 amide bonds. The molecule has 8 heteroatoms. The number of rotatable bonds is 1. The summed E-state index contributed by atoms with van der Waals surface area (Å²) in [7, 11) is 0. The molecule has 0 bridgehead atoms. The molecule has 0 aromatic heterocycles. The highest BCUT2D eigenvalue weighted by molar-refractivity contribution is 6.31. The second kappa shape index (κ2) is 5.63. The predicted octanol–water partition coefficient (Wildman–Crippen LogP) is 0.878.